The molecular formula is C28H58N4O3. The number of hydrogen-bond donors (Lipinski definition) is 1. The van der Waals surface area contributed by atoms with E-state index in [1.54, 1.807) is 6.92 Å². The first kappa shape index (κ1) is 35.8. The van der Waals surface area contributed by atoms with Crippen molar-refractivity contribution in [2.45, 2.75) is 144 Å². The zero-order valence-electron chi connectivity index (χ0n) is 25.6. The SMILES string of the molecule is CC.CC.CNC(C)(C)CCOC(C)(C)Cc1cn(C(C)(C)CCOC(C)(C)CCC(C)=O)nn1. The molecule has 1 heterocycles. The van der Waals surface area contributed by atoms with E-state index in [4.69, 9.17) is 9.47 Å². The van der Waals surface area contributed by atoms with E-state index >= 15 is 0 Å². The van der Waals surface area contributed by atoms with Crippen molar-refractivity contribution in [1.29, 1.82) is 0 Å². The standard InChI is InChI=1S/C24H46N4O3.2C2H6/c1-19(29)11-12-23(6,7)30-16-14-22(4,5)28-18-20(26-27-28)17-24(8,9)31-15-13-21(2,3)25-10;2*1-2/h18,25H,11-17H2,1-10H3;2*1-2H3. The summed E-state index contributed by atoms with van der Waals surface area (Å²) in [7, 11) is 1.98. The normalized spacial score (nSPS) is 12.4. The third-order valence-corrected chi connectivity index (χ3v) is 5.95. The van der Waals surface area contributed by atoms with Gasteiger partial charge in [0, 0.05) is 37.8 Å². The maximum atomic E-state index is 11.2. The molecule has 0 aliphatic rings. The molecule has 1 aromatic rings. The van der Waals surface area contributed by atoms with Crippen LogP contribution in [0.5, 0.6) is 0 Å². The monoisotopic (exact) mass is 498 g/mol. The second-order valence-corrected chi connectivity index (χ2v) is 11.2. The van der Waals surface area contributed by atoms with Crippen molar-refractivity contribution in [1.82, 2.24) is 20.3 Å². The van der Waals surface area contributed by atoms with Gasteiger partial charge in [0.05, 0.1) is 22.4 Å². The lowest BCUT2D eigenvalue weighted by Gasteiger charge is -2.29. The van der Waals surface area contributed by atoms with Gasteiger partial charge < -0.3 is 19.6 Å². The Bertz CT molecular complexity index is 694. The molecule has 7 nitrogen and oxygen atoms in total. The van der Waals surface area contributed by atoms with Crippen LogP contribution in [0, 0.1) is 0 Å². The summed E-state index contributed by atoms with van der Waals surface area (Å²) < 4.78 is 14.1. The minimum atomic E-state index is -0.307. The number of ether oxygens (including phenoxy) is 2. The molecule has 0 radical (unpaired) electrons. The second-order valence-electron chi connectivity index (χ2n) is 11.2. The summed E-state index contributed by atoms with van der Waals surface area (Å²) in [6.45, 7) is 27.8. The van der Waals surface area contributed by atoms with Gasteiger partial charge in [0.25, 0.3) is 0 Å². The van der Waals surface area contributed by atoms with Crippen LogP contribution in [0.4, 0.5) is 0 Å². The molecule has 1 N–H and O–H groups in total. The van der Waals surface area contributed by atoms with Gasteiger partial charge in [0.2, 0.25) is 0 Å². The predicted molar refractivity (Wildman–Crippen MR) is 148 cm³/mol. The van der Waals surface area contributed by atoms with Crippen molar-refractivity contribution in [3.63, 3.8) is 0 Å². The molecule has 0 aliphatic carbocycles. The van der Waals surface area contributed by atoms with E-state index in [0.717, 1.165) is 25.0 Å². The van der Waals surface area contributed by atoms with Crippen molar-refractivity contribution in [3.05, 3.63) is 11.9 Å². The van der Waals surface area contributed by atoms with Gasteiger partial charge in [0.1, 0.15) is 5.78 Å². The third kappa shape index (κ3) is 16.1. The zero-order valence-corrected chi connectivity index (χ0v) is 25.6. The Hall–Kier alpha value is -1.31. The number of ketones is 1. The van der Waals surface area contributed by atoms with Crippen LogP contribution in [0.25, 0.3) is 0 Å². The number of hydrogen-bond acceptors (Lipinski definition) is 6. The van der Waals surface area contributed by atoms with Gasteiger partial charge in [-0.3, -0.25) is 0 Å². The van der Waals surface area contributed by atoms with E-state index in [9.17, 15) is 4.79 Å². The van der Waals surface area contributed by atoms with Crippen LogP contribution in [-0.4, -0.2) is 57.8 Å². The summed E-state index contributed by atoms with van der Waals surface area (Å²) in [5.74, 6) is 0.199. The molecule has 0 amide bonds. The van der Waals surface area contributed by atoms with Crippen LogP contribution in [-0.2, 0) is 26.2 Å². The van der Waals surface area contributed by atoms with Crippen molar-refractivity contribution < 1.29 is 14.3 Å². The molecule has 0 unspecified atom stereocenters. The first-order chi connectivity index (χ1) is 16.1. The molecule has 0 saturated heterocycles. The molecule has 0 fully saturated rings. The summed E-state index contributed by atoms with van der Waals surface area (Å²) >= 11 is 0. The summed E-state index contributed by atoms with van der Waals surface area (Å²) in [6.07, 6.45) is 5.75. The van der Waals surface area contributed by atoms with E-state index < -0.39 is 0 Å². The minimum Gasteiger partial charge on any atom is -0.375 e. The molecule has 35 heavy (non-hydrogen) atoms. The third-order valence-electron chi connectivity index (χ3n) is 5.95. The number of nitrogens with one attached hydrogen (secondary N) is 1. The molecule has 7 heteroatoms. The van der Waals surface area contributed by atoms with E-state index in [1.807, 2.05) is 59.5 Å². The Balaban J connectivity index is 0. The lowest BCUT2D eigenvalue weighted by molar-refractivity contribution is -0.119. The number of carbonyl (C=O) groups is 1. The highest BCUT2D eigenvalue weighted by molar-refractivity contribution is 5.75. The Morgan fingerprint density at radius 1 is 0.886 bits per heavy atom. The molecule has 208 valence electrons. The van der Waals surface area contributed by atoms with Gasteiger partial charge >= 0.3 is 0 Å². The molecule has 0 bridgehead atoms. The maximum absolute atomic E-state index is 11.2. The molecule has 1 aromatic heterocycles. The van der Waals surface area contributed by atoms with Crippen LogP contribution < -0.4 is 5.32 Å². The van der Waals surface area contributed by atoms with Crippen LogP contribution in [0.15, 0.2) is 6.20 Å². The molecule has 1 rings (SSSR count). The number of rotatable bonds is 15. The van der Waals surface area contributed by atoms with Gasteiger partial charge in [-0.1, -0.05) is 32.9 Å². The van der Waals surface area contributed by atoms with Crippen LogP contribution in [0.3, 0.4) is 0 Å². The fourth-order valence-electron chi connectivity index (χ4n) is 3.11. The van der Waals surface area contributed by atoms with Gasteiger partial charge in [0.15, 0.2) is 0 Å². The largest absolute Gasteiger partial charge is 0.375 e. The Kier molecular flexibility index (Phi) is 16.8. The molecule has 0 aromatic carbocycles. The molecule has 0 atom stereocenters. The summed E-state index contributed by atoms with van der Waals surface area (Å²) in [5.41, 5.74) is 0.154. The van der Waals surface area contributed by atoms with E-state index in [-0.39, 0.29) is 28.1 Å². The molecular weight excluding hydrogens is 440 g/mol. The highest BCUT2D eigenvalue weighted by atomic mass is 16.5. The van der Waals surface area contributed by atoms with Crippen molar-refractivity contribution in [2.24, 2.45) is 0 Å². The average Bonchev–Trinajstić information content (AvgIpc) is 3.23. The van der Waals surface area contributed by atoms with Gasteiger partial charge in [-0.05, 0) is 88.6 Å². The van der Waals surface area contributed by atoms with E-state index in [0.29, 0.717) is 26.1 Å². The molecule has 0 saturated carbocycles. The highest BCUT2D eigenvalue weighted by Gasteiger charge is 2.27. The maximum Gasteiger partial charge on any atom is 0.129 e. The van der Waals surface area contributed by atoms with Crippen molar-refractivity contribution in [3.8, 4) is 0 Å². The van der Waals surface area contributed by atoms with E-state index in [1.165, 1.54) is 0 Å². The minimum absolute atomic E-state index is 0.0615. The lowest BCUT2D eigenvalue weighted by Crippen LogP contribution is -2.38. The molecule has 0 spiro atoms. The Morgan fingerprint density at radius 2 is 1.40 bits per heavy atom. The quantitative estimate of drug-likeness (QED) is 0.304. The smallest absolute Gasteiger partial charge is 0.129 e. The van der Waals surface area contributed by atoms with Crippen LogP contribution in [0.1, 0.15) is 121 Å². The Morgan fingerprint density at radius 3 is 1.91 bits per heavy atom. The number of aromatic nitrogens is 3. The second kappa shape index (κ2) is 16.4. The van der Waals surface area contributed by atoms with Gasteiger partial charge in [-0.2, -0.15) is 0 Å². The van der Waals surface area contributed by atoms with E-state index in [2.05, 4.69) is 57.2 Å². The first-order valence-corrected chi connectivity index (χ1v) is 13.5. The summed E-state index contributed by atoms with van der Waals surface area (Å²) in [6, 6.07) is 0. The fourth-order valence-corrected chi connectivity index (χ4v) is 3.11. The number of Topliss-reactive ketones (excluding diaryl/α,β-unsaturated/α-hetero) is 1. The predicted octanol–water partition coefficient (Wildman–Crippen LogP) is 6.35. The first-order valence-electron chi connectivity index (χ1n) is 13.5. The summed E-state index contributed by atoms with van der Waals surface area (Å²) in [5, 5.41) is 12.1. The highest BCUT2D eigenvalue weighted by Crippen LogP contribution is 2.24. The van der Waals surface area contributed by atoms with Gasteiger partial charge in [-0.15, -0.1) is 5.10 Å². The summed E-state index contributed by atoms with van der Waals surface area (Å²) in [4.78, 5) is 11.2. The van der Waals surface area contributed by atoms with Crippen molar-refractivity contribution in [2.75, 3.05) is 20.3 Å². The average molecular weight is 499 g/mol. The molecule has 0 aliphatic heterocycles. The topological polar surface area (TPSA) is 78.3 Å². The number of carbonyl (C=O) groups excluding carboxylic acids is 1. The Labute approximate surface area is 217 Å². The van der Waals surface area contributed by atoms with Crippen LogP contribution >= 0.6 is 0 Å². The van der Waals surface area contributed by atoms with Crippen LogP contribution in [0.2, 0.25) is 0 Å². The number of nitrogens with zero attached hydrogens (tertiary/aromatic N) is 3. The fraction of sp³-hybridized carbons (Fsp3) is 0.893. The van der Waals surface area contributed by atoms with Gasteiger partial charge in [-0.25, -0.2) is 4.68 Å². The van der Waals surface area contributed by atoms with Crippen molar-refractivity contribution >= 4 is 5.78 Å². The zero-order chi connectivity index (χ0) is 27.9. The lowest BCUT2D eigenvalue weighted by atomic mass is 9.99.